The normalized spacial score (nSPS) is 23.8. The molecule has 1 saturated carbocycles. The Bertz CT molecular complexity index is 374. The maximum absolute atomic E-state index is 11.7. The van der Waals surface area contributed by atoms with Gasteiger partial charge in [0.25, 0.3) is 0 Å². The van der Waals surface area contributed by atoms with Crippen molar-refractivity contribution in [1.82, 2.24) is 4.72 Å². The van der Waals surface area contributed by atoms with E-state index in [1.807, 2.05) is 6.92 Å². The topological polar surface area (TPSA) is 92.4 Å². The molecule has 0 aromatic heterocycles. The van der Waals surface area contributed by atoms with Gasteiger partial charge in [-0.1, -0.05) is 13.0 Å². The minimum Gasteiger partial charge on any atom is -0.376 e. The van der Waals surface area contributed by atoms with Gasteiger partial charge < -0.3 is 10.8 Å². The Balaban J connectivity index is 2.74. The Morgan fingerprint density at radius 3 is 2.53 bits per heavy atom. The molecule has 0 saturated heterocycles. The summed E-state index contributed by atoms with van der Waals surface area (Å²) < 4.78 is 25.7. The van der Waals surface area contributed by atoms with Crippen molar-refractivity contribution < 1.29 is 13.5 Å². The van der Waals surface area contributed by atoms with E-state index in [2.05, 4.69) is 11.3 Å². The molecule has 0 heterocycles. The lowest BCUT2D eigenvalue weighted by atomic mass is 9.83. The summed E-state index contributed by atoms with van der Waals surface area (Å²) in [6, 6.07) is 0. The van der Waals surface area contributed by atoms with Crippen molar-refractivity contribution in [2.24, 2.45) is 11.7 Å². The first-order valence-electron chi connectivity index (χ1n) is 5.86. The fraction of sp³-hybridized carbons (Fsp3) is 0.818. The number of hydrogen-bond donors (Lipinski definition) is 3. The van der Waals surface area contributed by atoms with Gasteiger partial charge in [-0.25, -0.2) is 8.42 Å². The molecule has 1 aliphatic carbocycles. The van der Waals surface area contributed by atoms with Gasteiger partial charge in [0.2, 0.25) is 10.0 Å². The fourth-order valence-corrected chi connectivity index (χ4v) is 3.33. The highest BCUT2D eigenvalue weighted by molar-refractivity contribution is 7.90. The minimum atomic E-state index is -3.43. The van der Waals surface area contributed by atoms with Crippen LogP contribution in [0.25, 0.3) is 0 Å². The average Bonchev–Trinajstić information content (AvgIpc) is 3.01. The van der Waals surface area contributed by atoms with Crippen LogP contribution in [0.1, 0.15) is 33.1 Å². The van der Waals surface area contributed by atoms with Crippen LogP contribution in [0.2, 0.25) is 0 Å². The number of sulfonamides is 1. The zero-order chi connectivity index (χ0) is 13.3. The molecule has 17 heavy (non-hydrogen) atoms. The third-order valence-corrected chi connectivity index (χ3v) is 5.25. The van der Waals surface area contributed by atoms with Crippen LogP contribution >= 0.6 is 0 Å². The molecule has 0 bridgehead atoms. The molecule has 1 rings (SSSR count). The fourth-order valence-electron chi connectivity index (χ4n) is 1.82. The van der Waals surface area contributed by atoms with Crippen molar-refractivity contribution in [2.45, 2.75) is 50.1 Å². The molecule has 0 aromatic carbocycles. The third kappa shape index (κ3) is 3.28. The van der Waals surface area contributed by atoms with Gasteiger partial charge >= 0.3 is 0 Å². The maximum Gasteiger partial charge on any atom is 0.216 e. The van der Waals surface area contributed by atoms with Gasteiger partial charge in [-0.3, -0.25) is 0 Å². The number of aliphatic hydroxyl groups excluding tert-OH is 1. The second-order valence-electron chi connectivity index (χ2n) is 4.88. The summed E-state index contributed by atoms with van der Waals surface area (Å²) in [5.41, 5.74) is 4.95. The monoisotopic (exact) mass is 262 g/mol. The quantitative estimate of drug-likeness (QED) is 0.455. The first-order chi connectivity index (χ1) is 7.75. The summed E-state index contributed by atoms with van der Waals surface area (Å²) in [4.78, 5) is 0. The van der Waals surface area contributed by atoms with Crippen LogP contribution in [0.4, 0.5) is 0 Å². The van der Waals surface area contributed by atoms with E-state index >= 15 is 0 Å². The molecule has 6 heteroatoms. The standard InChI is InChI=1S/C11H22N2O3S/c1-4-8(5-2)11(3,12)10(14)13-17(15,16)9-6-7-9/h4,8-10,13-14H,1,5-7,12H2,2-3H3. The van der Waals surface area contributed by atoms with Crippen LogP contribution in [0.3, 0.4) is 0 Å². The van der Waals surface area contributed by atoms with Crippen molar-refractivity contribution >= 4 is 10.0 Å². The predicted octanol–water partition coefficient (Wildman–Crippen LogP) is 0.316. The lowest BCUT2D eigenvalue weighted by Crippen LogP contribution is -2.60. The molecule has 0 aliphatic heterocycles. The van der Waals surface area contributed by atoms with Crippen LogP contribution in [0, 0.1) is 5.92 Å². The van der Waals surface area contributed by atoms with Crippen molar-refractivity contribution in [2.75, 3.05) is 0 Å². The molecular formula is C11H22N2O3S. The first-order valence-corrected chi connectivity index (χ1v) is 7.41. The molecule has 0 aromatic rings. The number of nitrogens with one attached hydrogen (secondary N) is 1. The van der Waals surface area contributed by atoms with E-state index in [1.54, 1.807) is 13.0 Å². The third-order valence-electron chi connectivity index (χ3n) is 3.35. The van der Waals surface area contributed by atoms with Gasteiger partial charge in [-0.05, 0) is 32.1 Å². The van der Waals surface area contributed by atoms with Crippen LogP contribution in [-0.4, -0.2) is 30.5 Å². The lowest BCUT2D eigenvalue weighted by Gasteiger charge is -2.36. The van der Waals surface area contributed by atoms with Crippen LogP contribution in [0.5, 0.6) is 0 Å². The van der Waals surface area contributed by atoms with E-state index in [0.717, 1.165) is 0 Å². The van der Waals surface area contributed by atoms with Gasteiger partial charge in [0.1, 0.15) is 6.23 Å². The maximum atomic E-state index is 11.7. The summed E-state index contributed by atoms with van der Waals surface area (Å²) in [5, 5.41) is 9.59. The summed E-state index contributed by atoms with van der Waals surface area (Å²) in [6.07, 6.45) is 2.35. The highest BCUT2D eigenvalue weighted by Crippen LogP contribution is 2.29. The number of aliphatic hydroxyl groups is 1. The summed E-state index contributed by atoms with van der Waals surface area (Å²) in [7, 11) is -3.43. The summed E-state index contributed by atoms with van der Waals surface area (Å²) in [6.45, 7) is 7.20. The largest absolute Gasteiger partial charge is 0.376 e. The van der Waals surface area contributed by atoms with Crippen LogP contribution < -0.4 is 10.5 Å². The SMILES string of the molecule is C=CC(CC)C(C)(N)C(O)NS(=O)(=O)C1CC1. The minimum absolute atomic E-state index is 0.153. The van der Waals surface area contributed by atoms with E-state index in [4.69, 9.17) is 5.73 Å². The van der Waals surface area contributed by atoms with E-state index < -0.39 is 21.8 Å². The van der Waals surface area contributed by atoms with Crippen LogP contribution in [0.15, 0.2) is 12.7 Å². The zero-order valence-corrected chi connectivity index (χ0v) is 11.2. The van der Waals surface area contributed by atoms with Gasteiger partial charge in [0, 0.05) is 0 Å². The van der Waals surface area contributed by atoms with Crippen molar-refractivity contribution in [3.05, 3.63) is 12.7 Å². The smallest absolute Gasteiger partial charge is 0.216 e. The molecule has 3 atom stereocenters. The van der Waals surface area contributed by atoms with Crippen molar-refractivity contribution in [3.8, 4) is 0 Å². The average molecular weight is 262 g/mol. The molecule has 5 nitrogen and oxygen atoms in total. The lowest BCUT2D eigenvalue weighted by molar-refractivity contribution is 0.0591. The van der Waals surface area contributed by atoms with E-state index in [1.165, 1.54) is 0 Å². The molecule has 1 aliphatic rings. The second kappa shape index (κ2) is 5.06. The predicted molar refractivity (Wildman–Crippen MR) is 67.7 cm³/mol. The Kier molecular flexibility index (Phi) is 4.35. The molecule has 0 amide bonds. The van der Waals surface area contributed by atoms with Crippen LogP contribution in [-0.2, 0) is 10.0 Å². The van der Waals surface area contributed by atoms with E-state index in [9.17, 15) is 13.5 Å². The summed E-state index contributed by atoms with van der Waals surface area (Å²) >= 11 is 0. The number of rotatable bonds is 7. The molecular weight excluding hydrogens is 240 g/mol. The molecule has 1 fully saturated rings. The Labute approximate surface area is 103 Å². The zero-order valence-electron chi connectivity index (χ0n) is 10.4. The van der Waals surface area contributed by atoms with Gasteiger partial charge in [-0.2, -0.15) is 4.72 Å². The number of hydrogen-bond acceptors (Lipinski definition) is 4. The van der Waals surface area contributed by atoms with E-state index in [-0.39, 0.29) is 11.2 Å². The van der Waals surface area contributed by atoms with Gasteiger partial charge in [0.15, 0.2) is 0 Å². The molecule has 0 spiro atoms. The van der Waals surface area contributed by atoms with Crippen molar-refractivity contribution in [3.63, 3.8) is 0 Å². The van der Waals surface area contributed by atoms with Gasteiger partial charge in [-0.15, -0.1) is 6.58 Å². The molecule has 3 unspecified atom stereocenters. The van der Waals surface area contributed by atoms with E-state index in [0.29, 0.717) is 19.3 Å². The Morgan fingerprint density at radius 1 is 1.65 bits per heavy atom. The van der Waals surface area contributed by atoms with Crippen molar-refractivity contribution in [1.29, 1.82) is 0 Å². The molecule has 4 N–H and O–H groups in total. The number of nitrogens with two attached hydrogens (primary N) is 1. The molecule has 0 radical (unpaired) electrons. The highest BCUT2D eigenvalue weighted by Gasteiger charge is 2.42. The molecule has 100 valence electrons. The summed E-state index contributed by atoms with van der Waals surface area (Å²) in [5.74, 6) is -0.153. The Morgan fingerprint density at radius 2 is 2.18 bits per heavy atom. The first kappa shape index (κ1) is 14.6. The second-order valence-corrected chi connectivity index (χ2v) is 6.87. The highest BCUT2D eigenvalue weighted by atomic mass is 32.2. The Hall–Kier alpha value is -0.430. The van der Waals surface area contributed by atoms with Gasteiger partial charge in [0.05, 0.1) is 10.8 Å².